The predicted octanol–water partition coefficient (Wildman–Crippen LogP) is 3.37. The van der Waals surface area contributed by atoms with E-state index < -0.39 is 0 Å². The van der Waals surface area contributed by atoms with Crippen molar-refractivity contribution in [3.63, 3.8) is 0 Å². The molecule has 0 bridgehead atoms. The van der Waals surface area contributed by atoms with E-state index in [1.54, 1.807) is 0 Å². The van der Waals surface area contributed by atoms with Crippen molar-refractivity contribution in [2.24, 2.45) is 0 Å². The van der Waals surface area contributed by atoms with Crippen LogP contribution in [0.5, 0.6) is 0 Å². The van der Waals surface area contributed by atoms with Crippen LogP contribution >= 0.6 is 27.5 Å². The zero-order valence-electron chi connectivity index (χ0n) is 9.79. The van der Waals surface area contributed by atoms with Gasteiger partial charge in [0.05, 0.1) is 13.2 Å². The Labute approximate surface area is 116 Å². The van der Waals surface area contributed by atoms with E-state index >= 15 is 0 Å². The van der Waals surface area contributed by atoms with Crippen LogP contribution in [-0.4, -0.2) is 37.7 Å². The van der Waals surface area contributed by atoms with E-state index in [1.165, 1.54) is 5.56 Å². The number of hydrogen-bond donors (Lipinski definition) is 0. The van der Waals surface area contributed by atoms with Gasteiger partial charge in [-0.15, -0.1) is 0 Å². The summed E-state index contributed by atoms with van der Waals surface area (Å²) in [5, 5.41) is 0.862. The molecule has 0 amide bonds. The average Bonchev–Trinajstić information content (AvgIpc) is 2.33. The lowest BCUT2D eigenvalue weighted by molar-refractivity contribution is 0.0375. The van der Waals surface area contributed by atoms with Crippen LogP contribution in [0.4, 0.5) is 0 Å². The van der Waals surface area contributed by atoms with Crippen LogP contribution in [0.1, 0.15) is 12.0 Å². The Hall–Kier alpha value is -0.0900. The van der Waals surface area contributed by atoms with E-state index in [-0.39, 0.29) is 0 Å². The molecule has 1 saturated heterocycles. The van der Waals surface area contributed by atoms with Crippen molar-refractivity contribution in [1.82, 2.24) is 4.90 Å². The Bertz CT molecular complexity index is 366. The van der Waals surface area contributed by atoms with Crippen molar-refractivity contribution in [2.45, 2.75) is 12.8 Å². The monoisotopic (exact) mass is 317 g/mol. The van der Waals surface area contributed by atoms with Gasteiger partial charge in [0.15, 0.2) is 0 Å². The molecule has 94 valence electrons. The van der Waals surface area contributed by atoms with Crippen LogP contribution in [0.2, 0.25) is 5.02 Å². The van der Waals surface area contributed by atoms with Gasteiger partial charge in [0.2, 0.25) is 0 Å². The van der Waals surface area contributed by atoms with E-state index in [0.29, 0.717) is 0 Å². The van der Waals surface area contributed by atoms with E-state index in [4.69, 9.17) is 16.3 Å². The highest BCUT2D eigenvalue weighted by Crippen LogP contribution is 2.22. The lowest BCUT2D eigenvalue weighted by Gasteiger charge is -2.26. The van der Waals surface area contributed by atoms with Gasteiger partial charge < -0.3 is 4.74 Å². The standard InChI is InChI=1S/C13H17BrClNO/c14-12-4-3-11(13(15)10-12)2-1-5-16-6-8-17-9-7-16/h3-4,10H,1-2,5-9H2. The minimum Gasteiger partial charge on any atom is -0.379 e. The molecule has 4 heteroatoms. The van der Waals surface area contributed by atoms with Crippen LogP contribution < -0.4 is 0 Å². The van der Waals surface area contributed by atoms with Gasteiger partial charge in [-0.05, 0) is 37.1 Å². The molecule has 1 aliphatic rings. The van der Waals surface area contributed by atoms with E-state index in [1.807, 2.05) is 6.07 Å². The van der Waals surface area contributed by atoms with Gasteiger partial charge >= 0.3 is 0 Å². The minimum atomic E-state index is 0.862. The highest BCUT2D eigenvalue weighted by molar-refractivity contribution is 9.10. The van der Waals surface area contributed by atoms with Crippen molar-refractivity contribution < 1.29 is 4.74 Å². The number of morpholine rings is 1. The lowest BCUT2D eigenvalue weighted by Crippen LogP contribution is -2.36. The Morgan fingerprint density at radius 2 is 2.06 bits per heavy atom. The van der Waals surface area contributed by atoms with Gasteiger partial charge in [0.1, 0.15) is 0 Å². The zero-order chi connectivity index (χ0) is 12.1. The molecule has 0 unspecified atom stereocenters. The second-order valence-electron chi connectivity index (χ2n) is 4.29. The maximum Gasteiger partial charge on any atom is 0.0594 e. The number of ether oxygens (including phenoxy) is 1. The van der Waals surface area contributed by atoms with E-state index in [9.17, 15) is 0 Å². The second kappa shape index (κ2) is 6.74. The number of halogens is 2. The molecule has 2 rings (SSSR count). The fourth-order valence-corrected chi connectivity index (χ4v) is 2.81. The number of hydrogen-bond acceptors (Lipinski definition) is 2. The summed E-state index contributed by atoms with van der Waals surface area (Å²) in [6, 6.07) is 6.12. The van der Waals surface area contributed by atoms with Crippen molar-refractivity contribution >= 4 is 27.5 Å². The summed E-state index contributed by atoms with van der Waals surface area (Å²) in [6.07, 6.45) is 2.20. The molecular formula is C13H17BrClNO. The normalized spacial score (nSPS) is 17.3. The van der Waals surface area contributed by atoms with Crippen LogP contribution in [0, 0.1) is 0 Å². The molecule has 1 fully saturated rings. The fourth-order valence-electron chi connectivity index (χ4n) is 2.04. The quantitative estimate of drug-likeness (QED) is 0.844. The largest absolute Gasteiger partial charge is 0.379 e. The third-order valence-electron chi connectivity index (χ3n) is 3.04. The number of nitrogens with zero attached hydrogens (tertiary/aromatic N) is 1. The molecule has 2 nitrogen and oxygen atoms in total. The van der Waals surface area contributed by atoms with Gasteiger partial charge in [-0.1, -0.05) is 33.6 Å². The van der Waals surface area contributed by atoms with Crippen LogP contribution in [0.25, 0.3) is 0 Å². The SMILES string of the molecule is Clc1cc(Br)ccc1CCCN1CCOCC1. The molecule has 0 spiro atoms. The maximum absolute atomic E-state index is 6.19. The molecule has 0 saturated carbocycles. The Kier molecular flexibility index (Phi) is 5.29. The first kappa shape index (κ1) is 13.3. The molecule has 0 radical (unpaired) electrons. The zero-order valence-corrected chi connectivity index (χ0v) is 12.1. The molecule has 1 aromatic rings. The molecule has 17 heavy (non-hydrogen) atoms. The number of benzene rings is 1. The summed E-state index contributed by atoms with van der Waals surface area (Å²) in [4.78, 5) is 2.45. The first-order chi connectivity index (χ1) is 8.25. The number of rotatable bonds is 4. The van der Waals surface area contributed by atoms with Gasteiger partial charge in [0, 0.05) is 22.6 Å². The van der Waals surface area contributed by atoms with E-state index in [2.05, 4.69) is 33.0 Å². The minimum absolute atomic E-state index is 0.862. The van der Waals surface area contributed by atoms with Gasteiger partial charge in [-0.25, -0.2) is 0 Å². The Morgan fingerprint density at radius 3 is 2.76 bits per heavy atom. The molecule has 0 aliphatic carbocycles. The molecule has 0 aromatic heterocycles. The summed E-state index contributed by atoms with van der Waals surface area (Å²) < 4.78 is 6.37. The summed E-state index contributed by atoms with van der Waals surface area (Å²) in [7, 11) is 0. The lowest BCUT2D eigenvalue weighted by atomic mass is 10.1. The fraction of sp³-hybridized carbons (Fsp3) is 0.538. The van der Waals surface area contributed by atoms with Crippen LogP contribution in [-0.2, 0) is 11.2 Å². The Morgan fingerprint density at radius 1 is 1.29 bits per heavy atom. The molecule has 1 aliphatic heterocycles. The van der Waals surface area contributed by atoms with Crippen LogP contribution in [0.3, 0.4) is 0 Å². The molecule has 1 aromatic carbocycles. The smallest absolute Gasteiger partial charge is 0.0594 e. The van der Waals surface area contributed by atoms with Crippen molar-refractivity contribution in [1.29, 1.82) is 0 Å². The summed E-state index contributed by atoms with van der Waals surface area (Å²) in [5.74, 6) is 0. The summed E-state index contributed by atoms with van der Waals surface area (Å²) >= 11 is 9.61. The Balaban J connectivity index is 1.77. The highest BCUT2D eigenvalue weighted by atomic mass is 79.9. The third-order valence-corrected chi connectivity index (χ3v) is 3.88. The van der Waals surface area contributed by atoms with Gasteiger partial charge in [-0.2, -0.15) is 0 Å². The summed E-state index contributed by atoms with van der Waals surface area (Å²) in [6.45, 7) is 5.01. The molecule has 1 heterocycles. The van der Waals surface area contributed by atoms with Crippen molar-refractivity contribution in [3.8, 4) is 0 Å². The van der Waals surface area contributed by atoms with Crippen molar-refractivity contribution in [3.05, 3.63) is 33.3 Å². The third kappa shape index (κ3) is 4.25. The van der Waals surface area contributed by atoms with Gasteiger partial charge in [0.25, 0.3) is 0 Å². The topological polar surface area (TPSA) is 12.5 Å². The van der Waals surface area contributed by atoms with Gasteiger partial charge in [-0.3, -0.25) is 4.90 Å². The second-order valence-corrected chi connectivity index (χ2v) is 5.62. The predicted molar refractivity (Wildman–Crippen MR) is 74.7 cm³/mol. The maximum atomic E-state index is 6.19. The first-order valence-electron chi connectivity index (χ1n) is 6.00. The highest BCUT2D eigenvalue weighted by Gasteiger charge is 2.09. The average molecular weight is 319 g/mol. The van der Waals surface area contributed by atoms with Crippen molar-refractivity contribution in [2.75, 3.05) is 32.8 Å². The van der Waals surface area contributed by atoms with E-state index in [0.717, 1.165) is 55.2 Å². The molecule has 0 N–H and O–H groups in total. The summed E-state index contributed by atoms with van der Waals surface area (Å²) in [5.41, 5.74) is 1.24. The first-order valence-corrected chi connectivity index (χ1v) is 7.17. The van der Waals surface area contributed by atoms with Crippen LogP contribution in [0.15, 0.2) is 22.7 Å². The molecular weight excluding hydrogens is 302 g/mol. The molecule has 0 atom stereocenters. The number of aryl methyl sites for hydroxylation is 1.